The number of rotatable bonds is 12. The van der Waals surface area contributed by atoms with Gasteiger partial charge in [-0.25, -0.2) is 0 Å². The van der Waals surface area contributed by atoms with Crippen LogP contribution >= 0.6 is 0 Å². The third-order valence-electron chi connectivity index (χ3n) is 3.14. The average molecular weight is 252 g/mol. The monoisotopic (exact) mass is 252 g/mol. The number of aliphatic carboxylic acids is 1. The lowest BCUT2D eigenvalue weighted by atomic mass is 9.95. The zero-order chi connectivity index (χ0) is 13.6. The Balaban J connectivity index is 3.66. The van der Waals surface area contributed by atoms with Crippen molar-refractivity contribution in [1.82, 2.24) is 0 Å². The van der Waals surface area contributed by atoms with Crippen molar-refractivity contribution in [2.75, 3.05) is 0 Å². The van der Waals surface area contributed by atoms with E-state index in [0.29, 0.717) is 0 Å². The van der Waals surface area contributed by atoms with Gasteiger partial charge in [-0.15, -0.1) is 6.58 Å². The van der Waals surface area contributed by atoms with Crippen LogP contribution in [0.15, 0.2) is 24.8 Å². The number of carbonyl (C=O) groups is 1. The summed E-state index contributed by atoms with van der Waals surface area (Å²) in [5.41, 5.74) is 0. The first-order valence-electron chi connectivity index (χ1n) is 7.21. The minimum Gasteiger partial charge on any atom is -0.481 e. The minimum absolute atomic E-state index is 0.161. The molecule has 0 heterocycles. The summed E-state index contributed by atoms with van der Waals surface area (Å²) < 4.78 is 0. The smallest absolute Gasteiger partial charge is 0.306 e. The molecule has 18 heavy (non-hydrogen) atoms. The molecule has 0 saturated carbocycles. The van der Waals surface area contributed by atoms with E-state index in [2.05, 4.69) is 25.7 Å². The van der Waals surface area contributed by atoms with E-state index in [-0.39, 0.29) is 5.92 Å². The van der Waals surface area contributed by atoms with Crippen molar-refractivity contribution in [3.05, 3.63) is 24.8 Å². The van der Waals surface area contributed by atoms with Crippen molar-refractivity contribution < 1.29 is 9.90 Å². The summed E-state index contributed by atoms with van der Waals surface area (Å²) in [4.78, 5) is 11.1. The second-order valence-electron chi connectivity index (χ2n) is 4.77. The van der Waals surface area contributed by atoms with Gasteiger partial charge in [0.15, 0.2) is 0 Å². The normalized spacial score (nSPS) is 12.7. The lowest BCUT2D eigenvalue weighted by Gasteiger charge is -2.10. The molecule has 0 radical (unpaired) electrons. The van der Waals surface area contributed by atoms with E-state index in [9.17, 15) is 4.79 Å². The van der Waals surface area contributed by atoms with Crippen LogP contribution in [0.5, 0.6) is 0 Å². The highest BCUT2D eigenvalue weighted by molar-refractivity contribution is 5.69. The third kappa shape index (κ3) is 10.1. The number of hydrogen-bond acceptors (Lipinski definition) is 1. The molecule has 0 fully saturated rings. The highest BCUT2D eigenvalue weighted by Crippen LogP contribution is 2.17. The molecule has 0 saturated heterocycles. The van der Waals surface area contributed by atoms with Gasteiger partial charge >= 0.3 is 5.97 Å². The molecule has 0 aliphatic heterocycles. The van der Waals surface area contributed by atoms with Crippen molar-refractivity contribution in [2.45, 2.75) is 64.7 Å². The zero-order valence-corrected chi connectivity index (χ0v) is 11.7. The maximum absolute atomic E-state index is 11.1. The van der Waals surface area contributed by atoms with Gasteiger partial charge < -0.3 is 5.11 Å². The molecule has 0 aromatic heterocycles. The summed E-state index contributed by atoms with van der Waals surface area (Å²) in [5, 5.41) is 9.13. The summed E-state index contributed by atoms with van der Waals surface area (Å²) >= 11 is 0. The molecule has 0 aromatic rings. The minimum atomic E-state index is -0.633. The van der Waals surface area contributed by atoms with Crippen molar-refractivity contribution in [3.63, 3.8) is 0 Å². The van der Waals surface area contributed by atoms with Gasteiger partial charge in [-0.3, -0.25) is 4.79 Å². The van der Waals surface area contributed by atoms with E-state index in [1.807, 2.05) is 6.08 Å². The van der Waals surface area contributed by atoms with Crippen molar-refractivity contribution in [1.29, 1.82) is 0 Å². The molecular formula is C16H28O2. The lowest BCUT2D eigenvalue weighted by molar-refractivity contribution is -0.142. The molecule has 0 aliphatic carbocycles. The second-order valence-corrected chi connectivity index (χ2v) is 4.77. The second kappa shape index (κ2) is 12.4. The van der Waals surface area contributed by atoms with Crippen LogP contribution in [0.1, 0.15) is 64.7 Å². The molecule has 2 heteroatoms. The van der Waals surface area contributed by atoms with Gasteiger partial charge in [-0.1, -0.05) is 44.4 Å². The maximum Gasteiger partial charge on any atom is 0.306 e. The quantitative estimate of drug-likeness (QED) is 0.394. The fraction of sp³-hybridized carbons (Fsp3) is 0.688. The summed E-state index contributed by atoms with van der Waals surface area (Å²) in [5.74, 6) is -0.795. The fourth-order valence-corrected chi connectivity index (χ4v) is 2.01. The van der Waals surface area contributed by atoms with Crippen molar-refractivity contribution >= 4 is 5.97 Å². The summed E-state index contributed by atoms with van der Waals surface area (Å²) in [6, 6.07) is 0. The molecule has 0 rings (SSSR count). The molecular weight excluding hydrogens is 224 g/mol. The van der Waals surface area contributed by atoms with Gasteiger partial charge in [0, 0.05) is 0 Å². The van der Waals surface area contributed by atoms with Crippen molar-refractivity contribution in [2.24, 2.45) is 5.92 Å². The highest BCUT2D eigenvalue weighted by atomic mass is 16.4. The molecule has 0 amide bonds. The van der Waals surface area contributed by atoms with E-state index in [1.54, 1.807) is 0 Å². The van der Waals surface area contributed by atoms with Gasteiger partial charge in [0.25, 0.3) is 0 Å². The van der Waals surface area contributed by atoms with Crippen LogP contribution in [0.4, 0.5) is 0 Å². The Labute approximate surface area is 112 Å². The zero-order valence-electron chi connectivity index (χ0n) is 11.7. The van der Waals surface area contributed by atoms with Crippen LogP contribution in [0.3, 0.4) is 0 Å². The number of carboxylic acids is 1. The topological polar surface area (TPSA) is 37.3 Å². The van der Waals surface area contributed by atoms with Gasteiger partial charge in [-0.05, 0) is 38.5 Å². The Bertz CT molecular complexity index is 243. The van der Waals surface area contributed by atoms with E-state index in [4.69, 9.17) is 5.11 Å². The van der Waals surface area contributed by atoms with Crippen LogP contribution in [0.2, 0.25) is 0 Å². The summed E-state index contributed by atoms with van der Waals surface area (Å²) in [6.07, 6.45) is 15.3. The van der Waals surface area contributed by atoms with E-state index in [0.717, 1.165) is 44.9 Å². The van der Waals surface area contributed by atoms with Gasteiger partial charge in [-0.2, -0.15) is 0 Å². The number of unbranched alkanes of at least 4 members (excludes halogenated alkanes) is 4. The largest absolute Gasteiger partial charge is 0.481 e. The van der Waals surface area contributed by atoms with Crippen LogP contribution in [-0.4, -0.2) is 11.1 Å². The van der Waals surface area contributed by atoms with Gasteiger partial charge in [0.05, 0.1) is 5.92 Å². The fourth-order valence-electron chi connectivity index (χ4n) is 2.01. The maximum atomic E-state index is 11.1. The average Bonchev–Trinajstić information content (AvgIpc) is 2.35. The Hall–Kier alpha value is -1.05. The Morgan fingerprint density at radius 2 is 1.83 bits per heavy atom. The highest BCUT2D eigenvalue weighted by Gasteiger charge is 2.15. The third-order valence-corrected chi connectivity index (χ3v) is 3.14. The summed E-state index contributed by atoms with van der Waals surface area (Å²) in [6.45, 7) is 5.79. The van der Waals surface area contributed by atoms with Crippen LogP contribution in [0.25, 0.3) is 0 Å². The van der Waals surface area contributed by atoms with E-state index >= 15 is 0 Å². The molecule has 0 bridgehead atoms. The first kappa shape index (κ1) is 16.9. The Kier molecular flexibility index (Phi) is 11.7. The van der Waals surface area contributed by atoms with Crippen LogP contribution in [0, 0.1) is 5.92 Å². The summed E-state index contributed by atoms with van der Waals surface area (Å²) in [7, 11) is 0. The lowest BCUT2D eigenvalue weighted by Crippen LogP contribution is -2.13. The number of allylic oxidation sites excluding steroid dienone is 3. The predicted molar refractivity (Wildman–Crippen MR) is 77.7 cm³/mol. The Morgan fingerprint density at radius 1 is 1.11 bits per heavy atom. The number of carboxylic acid groups (broad SMARTS) is 1. The first-order chi connectivity index (χ1) is 8.72. The molecule has 0 aromatic carbocycles. The first-order valence-corrected chi connectivity index (χ1v) is 7.21. The molecule has 104 valence electrons. The molecule has 2 nitrogen and oxygen atoms in total. The van der Waals surface area contributed by atoms with Crippen LogP contribution in [-0.2, 0) is 4.79 Å². The van der Waals surface area contributed by atoms with E-state index < -0.39 is 5.97 Å². The Morgan fingerprint density at radius 3 is 2.44 bits per heavy atom. The standard InChI is InChI=1S/C16H28O2/c1-3-5-7-9-10-12-14-15(16(17)18)13-11-8-6-4-2/h3,6,8,15H,1,4-5,7,9-14H2,2H3,(H,17,18). The van der Waals surface area contributed by atoms with Crippen molar-refractivity contribution in [3.8, 4) is 0 Å². The molecule has 1 atom stereocenters. The van der Waals surface area contributed by atoms with Gasteiger partial charge in [0.1, 0.15) is 0 Å². The SMILES string of the molecule is C=CCCCCCCC(CCC=CCC)C(=O)O. The molecule has 0 aliphatic rings. The molecule has 1 N–H and O–H groups in total. The van der Waals surface area contributed by atoms with Crippen LogP contribution < -0.4 is 0 Å². The van der Waals surface area contributed by atoms with Gasteiger partial charge in [0.2, 0.25) is 0 Å². The number of hydrogen-bond donors (Lipinski definition) is 1. The van der Waals surface area contributed by atoms with E-state index in [1.165, 1.54) is 12.8 Å². The molecule has 1 unspecified atom stereocenters. The molecule has 0 spiro atoms. The predicted octanol–water partition coefficient (Wildman–Crippen LogP) is 4.96.